The average Bonchev–Trinajstić information content (AvgIpc) is 2.53. The molecule has 0 bridgehead atoms. The summed E-state index contributed by atoms with van der Waals surface area (Å²) in [5.41, 5.74) is 1.66. The maximum absolute atomic E-state index is 12.9. The van der Waals surface area contributed by atoms with Crippen LogP contribution in [0.2, 0.25) is 0 Å². The van der Waals surface area contributed by atoms with Crippen LogP contribution in [0.1, 0.15) is 25.3 Å². The first-order valence-corrected chi connectivity index (χ1v) is 9.88. The van der Waals surface area contributed by atoms with Gasteiger partial charge in [-0.1, -0.05) is 17.7 Å². The summed E-state index contributed by atoms with van der Waals surface area (Å²) in [5, 5.41) is 0. The van der Waals surface area contributed by atoms with E-state index >= 15 is 0 Å². The summed E-state index contributed by atoms with van der Waals surface area (Å²) in [4.78, 5) is 26.1. The highest BCUT2D eigenvalue weighted by molar-refractivity contribution is 7.91. The van der Waals surface area contributed by atoms with Crippen LogP contribution in [0.5, 0.6) is 0 Å². The number of benzene rings is 1. The highest BCUT2D eigenvalue weighted by Gasteiger charge is 2.32. The molecule has 0 N–H and O–H groups in total. The van der Waals surface area contributed by atoms with Crippen molar-refractivity contribution in [1.82, 2.24) is 0 Å². The number of sulfone groups is 1. The fourth-order valence-corrected chi connectivity index (χ4v) is 4.21. The third kappa shape index (κ3) is 4.80. The summed E-state index contributed by atoms with van der Waals surface area (Å²) >= 11 is 0. The van der Waals surface area contributed by atoms with Crippen molar-refractivity contribution in [3.63, 3.8) is 0 Å². The Morgan fingerprint density at radius 2 is 1.75 bits per heavy atom. The Hall–Kier alpha value is -1.89. The number of hydrogen-bond donors (Lipinski definition) is 0. The number of carbonyl (C=O) groups is 2. The normalized spacial score (nSPS) is 17.2. The second-order valence-corrected chi connectivity index (χ2v) is 8.29. The van der Waals surface area contributed by atoms with E-state index in [1.165, 1.54) is 4.90 Å². The fraction of sp³-hybridized carbons (Fsp3) is 0.529. The number of hydrogen-bond acceptors (Lipinski definition) is 5. The Morgan fingerprint density at radius 3 is 2.29 bits per heavy atom. The molecule has 1 amide bonds. The summed E-state index contributed by atoms with van der Waals surface area (Å²) in [6.07, 6.45) is 0.596. The van der Waals surface area contributed by atoms with E-state index in [1.54, 1.807) is 19.1 Å². The van der Waals surface area contributed by atoms with Crippen molar-refractivity contribution in [2.24, 2.45) is 5.92 Å². The molecule has 0 atom stereocenters. The maximum atomic E-state index is 12.9. The molecule has 1 aliphatic heterocycles. The predicted octanol–water partition coefficient (Wildman–Crippen LogP) is 1.72. The van der Waals surface area contributed by atoms with Gasteiger partial charge in [0.1, 0.15) is 16.4 Å². The van der Waals surface area contributed by atoms with Crippen molar-refractivity contribution in [1.29, 1.82) is 0 Å². The van der Waals surface area contributed by atoms with Crippen molar-refractivity contribution < 1.29 is 22.7 Å². The molecule has 1 heterocycles. The van der Waals surface area contributed by atoms with Gasteiger partial charge in [-0.3, -0.25) is 9.59 Å². The molecule has 0 spiro atoms. The summed E-state index contributed by atoms with van der Waals surface area (Å²) < 4.78 is 28.1. The maximum Gasteiger partial charge on any atom is 0.326 e. The molecule has 2 rings (SSSR count). The zero-order valence-corrected chi connectivity index (χ0v) is 14.8. The Morgan fingerprint density at radius 1 is 1.17 bits per heavy atom. The van der Waals surface area contributed by atoms with Crippen molar-refractivity contribution in [2.75, 3.05) is 29.6 Å². The second-order valence-electron chi connectivity index (χ2n) is 5.99. The third-order valence-corrected chi connectivity index (χ3v) is 5.82. The summed E-state index contributed by atoms with van der Waals surface area (Å²) in [7, 11) is -3.04. The van der Waals surface area contributed by atoms with Gasteiger partial charge in [0.25, 0.3) is 0 Å². The van der Waals surface area contributed by atoms with E-state index in [0.717, 1.165) is 5.56 Å². The number of amides is 1. The monoisotopic (exact) mass is 353 g/mol. The molecule has 1 aromatic rings. The standard InChI is InChI=1S/C17H23NO5S/c1-3-23-16(19)12-18(15-6-4-13(2)5-7-15)17(20)14-8-10-24(21,22)11-9-14/h4-7,14H,3,8-12H2,1-2H3. The SMILES string of the molecule is CCOC(=O)CN(C(=O)C1CCS(=O)(=O)CC1)c1ccc(C)cc1. The quantitative estimate of drug-likeness (QED) is 0.753. The van der Waals surface area contributed by atoms with Gasteiger partial charge >= 0.3 is 5.97 Å². The van der Waals surface area contributed by atoms with Gasteiger partial charge in [0.15, 0.2) is 0 Å². The molecular weight excluding hydrogens is 330 g/mol. The second kappa shape index (κ2) is 7.79. The molecule has 0 aromatic heterocycles. The van der Waals surface area contributed by atoms with Gasteiger partial charge in [0.05, 0.1) is 18.1 Å². The smallest absolute Gasteiger partial charge is 0.326 e. The number of ether oxygens (including phenoxy) is 1. The Balaban J connectivity index is 2.19. The molecule has 0 aliphatic carbocycles. The largest absolute Gasteiger partial charge is 0.465 e. The zero-order valence-electron chi connectivity index (χ0n) is 14.0. The van der Waals surface area contributed by atoms with Crippen LogP contribution in [-0.2, 0) is 24.2 Å². The molecule has 132 valence electrons. The fourth-order valence-electron chi connectivity index (χ4n) is 2.71. The van der Waals surface area contributed by atoms with Crippen LogP contribution in [0.4, 0.5) is 5.69 Å². The van der Waals surface area contributed by atoms with Gasteiger partial charge in [0, 0.05) is 11.6 Å². The van der Waals surface area contributed by atoms with Crippen molar-refractivity contribution in [3.05, 3.63) is 29.8 Å². The third-order valence-electron chi connectivity index (χ3n) is 4.11. The molecule has 1 aromatic carbocycles. The summed E-state index contributed by atoms with van der Waals surface area (Å²) in [5.74, 6) is -1.05. The number of carbonyl (C=O) groups excluding carboxylic acids is 2. The number of aryl methyl sites for hydroxylation is 1. The lowest BCUT2D eigenvalue weighted by Gasteiger charge is -2.28. The summed E-state index contributed by atoms with van der Waals surface area (Å²) in [6.45, 7) is 3.73. The van der Waals surface area contributed by atoms with E-state index in [-0.39, 0.29) is 36.5 Å². The van der Waals surface area contributed by atoms with Gasteiger partial charge in [0.2, 0.25) is 5.91 Å². The van der Waals surface area contributed by atoms with Gasteiger partial charge in [-0.15, -0.1) is 0 Å². The number of anilines is 1. The molecule has 0 saturated carbocycles. The molecule has 1 fully saturated rings. The van der Waals surface area contributed by atoms with Gasteiger partial charge < -0.3 is 9.64 Å². The molecule has 0 radical (unpaired) electrons. The molecule has 7 heteroatoms. The molecule has 1 aliphatic rings. The van der Waals surface area contributed by atoms with Crippen LogP contribution in [0.3, 0.4) is 0 Å². The summed E-state index contributed by atoms with van der Waals surface area (Å²) in [6, 6.07) is 7.30. The van der Waals surface area contributed by atoms with Crippen molar-refractivity contribution in [3.8, 4) is 0 Å². The van der Waals surface area contributed by atoms with Gasteiger partial charge in [-0.25, -0.2) is 8.42 Å². The predicted molar refractivity (Wildman–Crippen MR) is 91.5 cm³/mol. The number of rotatable bonds is 5. The first kappa shape index (κ1) is 18.4. The lowest BCUT2D eigenvalue weighted by molar-refractivity contribution is -0.142. The minimum atomic E-state index is -3.04. The average molecular weight is 353 g/mol. The molecule has 0 unspecified atom stereocenters. The molecule has 1 saturated heterocycles. The molecule has 6 nitrogen and oxygen atoms in total. The van der Waals surface area contributed by atoms with Crippen LogP contribution < -0.4 is 4.90 Å². The zero-order chi connectivity index (χ0) is 17.7. The van der Waals surface area contributed by atoms with Crippen LogP contribution in [-0.4, -0.2) is 45.0 Å². The Labute approximate surface area is 142 Å². The molecular formula is C17H23NO5S. The minimum Gasteiger partial charge on any atom is -0.465 e. The van der Waals surface area contributed by atoms with Gasteiger partial charge in [-0.05, 0) is 38.8 Å². The van der Waals surface area contributed by atoms with Crippen LogP contribution in [0.25, 0.3) is 0 Å². The van der Waals surface area contributed by atoms with Crippen LogP contribution >= 0.6 is 0 Å². The highest BCUT2D eigenvalue weighted by Crippen LogP contribution is 2.25. The van der Waals surface area contributed by atoms with E-state index in [4.69, 9.17) is 4.74 Å². The van der Waals surface area contributed by atoms with Crippen LogP contribution in [0.15, 0.2) is 24.3 Å². The van der Waals surface area contributed by atoms with E-state index in [0.29, 0.717) is 18.5 Å². The van der Waals surface area contributed by atoms with Gasteiger partial charge in [-0.2, -0.15) is 0 Å². The van der Waals surface area contributed by atoms with E-state index in [2.05, 4.69) is 0 Å². The topological polar surface area (TPSA) is 80.8 Å². The van der Waals surface area contributed by atoms with E-state index < -0.39 is 15.8 Å². The lowest BCUT2D eigenvalue weighted by Crippen LogP contribution is -2.42. The number of nitrogens with zero attached hydrogens (tertiary/aromatic N) is 1. The Bertz CT molecular complexity index is 682. The molecule has 24 heavy (non-hydrogen) atoms. The van der Waals surface area contributed by atoms with E-state index in [1.807, 2.05) is 19.1 Å². The minimum absolute atomic E-state index is 0.0184. The van der Waals surface area contributed by atoms with Crippen molar-refractivity contribution in [2.45, 2.75) is 26.7 Å². The Kier molecular flexibility index (Phi) is 5.99. The van der Waals surface area contributed by atoms with Crippen LogP contribution in [0, 0.1) is 12.8 Å². The lowest BCUT2D eigenvalue weighted by atomic mass is 10.0. The number of esters is 1. The van der Waals surface area contributed by atoms with E-state index in [9.17, 15) is 18.0 Å². The first-order chi connectivity index (χ1) is 11.3. The highest BCUT2D eigenvalue weighted by atomic mass is 32.2. The van der Waals surface area contributed by atoms with Crippen molar-refractivity contribution >= 4 is 27.4 Å². The first-order valence-electron chi connectivity index (χ1n) is 8.06.